The van der Waals surface area contributed by atoms with E-state index in [1.165, 1.54) is 17.9 Å². The Morgan fingerprint density at radius 3 is 2.94 bits per heavy atom. The number of amides is 1. The minimum Gasteiger partial charge on any atom is -0.472 e. The van der Waals surface area contributed by atoms with Gasteiger partial charge in [-0.05, 0) is 23.8 Å². The number of aromatic nitrogens is 2. The summed E-state index contributed by atoms with van der Waals surface area (Å²) in [5.41, 5.74) is 2.63. The first-order valence-corrected chi connectivity index (χ1v) is 5.18. The predicted octanol–water partition coefficient (Wildman–Crippen LogP) is -0.750. The minimum atomic E-state index is -0.423. The molecule has 1 amide bonds. The zero-order valence-corrected chi connectivity index (χ0v) is 9.71. The molecule has 0 fully saturated rings. The summed E-state index contributed by atoms with van der Waals surface area (Å²) in [6.07, 6.45) is 1.30. The molecular formula is C8H12N4O3S. The average molecular weight is 244 g/mol. The second-order valence-corrected chi connectivity index (χ2v) is 3.90. The van der Waals surface area contributed by atoms with Crippen LogP contribution in [0.2, 0.25) is 0 Å². The van der Waals surface area contributed by atoms with Crippen molar-refractivity contribution < 1.29 is 9.53 Å². The number of hydrogen-bond donors (Lipinski definition) is 2. The molecule has 8 heteroatoms. The Bertz CT molecular complexity index is 462. The highest BCUT2D eigenvalue weighted by Crippen LogP contribution is 2.08. The van der Waals surface area contributed by atoms with Crippen LogP contribution in [0, 0.1) is 0 Å². The Kier molecular flexibility index (Phi) is 4.20. The first-order chi connectivity index (χ1) is 7.56. The monoisotopic (exact) mass is 244 g/mol. The molecule has 0 spiro atoms. The van der Waals surface area contributed by atoms with Crippen LogP contribution in [0.3, 0.4) is 0 Å². The van der Waals surface area contributed by atoms with E-state index >= 15 is 0 Å². The summed E-state index contributed by atoms with van der Waals surface area (Å²) in [6.45, 7) is 1.93. The maximum atomic E-state index is 11.4. The lowest BCUT2D eigenvalue weighted by Crippen LogP contribution is -2.28. The Labute approximate surface area is 95.5 Å². The molecule has 7 nitrogen and oxygen atoms in total. The number of carbonyl (C=O) groups is 1. The van der Waals surface area contributed by atoms with Crippen molar-refractivity contribution in [1.82, 2.24) is 15.2 Å². The molecule has 16 heavy (non-hydrogen) atoms. The van der Waals surface area contributed by atoms with Crippen molar-refractivity contribution in [2.45, 2.75) is 13.5 Å². The van der Waals surface area contributed by atoms with Gasteiger partial charge in [0.25, 0.3) is 11.1 Å². The van der Waals surface area contributed by atoms with Crippen molar-refractivity contribution in [2.24, 2.45) is 5.84 Å². The van der Waals surface area contributed by atoms with Gasteiger partial charge in [0.2, 0.25) is 0 Å². The third kappa shape index (κ3) is 3.17. The van der Waals surface area contributed by atoms with E-state index < -0.39 is 5.91 Å². The van der Waals surface area contributed by atoms with Crippen molar-refractivity contribution in [3.8, 4) is 5.19 Å². The van der Waals surface area contributed by atoms with E-state index in [4.69, 9.17) is 10.6 Å². The van der Waals surface area contributed by atoms with Crippen molar-refractivity contribution in [3.63, 3.8) is 0 Å². The summed E-state index contributed by atoms with van der Waals surface area (Å²) in [6, 6.07) is 0. The fourth-order valence-electron chi connectivity index (χ4n) is 1.02. The minimum absolute atomic E-state index is 0.228. The topological polar surface area (TPSA) is 99.2 Å². The van der Waals surface area contributed by atoms with Crippen LogP contribution in [-0.4, -0.2) is 22.8 Å². The van der Waals surface area contributed by atoms with E-state index in [-0.39, 0.29) is 11.4 Å². The number of nitrogens with zero attached hydrogens (tertiary/aromatic N) is 2. The smallest absolute Gasteiger partial charge is 0.328 e. The molecule has 0 unspecified atom stereocenters. The SMILES string of the molecule is COc1nn(CC(C)=CC(=O)NN)c(=O)s1. The maximum absolute atomic E-state index is 11.4. The van der Waals surface area contributed by atoms with Gasteiger partial charge >= 0.3 is 4.87 Å². The van der Waals surface area contributed by atoms with Crippen LogP contribution in [-0.2, 0) is 11.3 Å². The number of ether oxygens (including phenoxy) is 1. The zero-order chi connectivity index (χ0) is 12.1. The van der Waals surface area contributed by atoms with Gasteiger partial charge in [-0.3, -0.25) is 15.0 Å². The van der Waals surface area contributed by atoms with Gasteiger partial charge < -0.3 is 4.74 Å². The molecule has 1 heterocycles. The van der Waals surface area contributed by atoms with E-state index in [1.54, 1.807) is 6.92 Å². The molecule has 0 bridgehead atoms. The second kappa shape index (κ2) is 5.42. The van der Waals surface area contributed by atoms with Gasteiger partial charge in [0.15, 0.2) is 0 Å². The lowest BCUT2D eigenvalue weighted by Gasteiger charge is -1.99. The van der Waals surface area contributed by atoms with E-state index in [0.29, 0.717) is 10.8 Å². The Balaban J connectivity index is 2.80. The van der Waals surface area contributed by atoms with Gasteiger partial charge in [-0.1, -0.05) is 0 Å². The summed E-state index contributed by atoms with van der Waals surface area (Å²) < 4.78 is 6.05. The van der Waals surface area contributed by atoms with Gasteiger partial charge in [0, 0.05) is 6.08 Å². The van der Waals surface area contributed by atoms with Crippen LogP contribution in [0.5, 0.6) is 5.19 Å². The number of nitrogens with two attached hydrogens (primary N) is 1. The molecule has 0 aromatic carbocycles. The van der Waals surface area contributed by atoms with Gasteiger partial charge in [-0.15, -0.1) is 5.10 Å². The van der Waals surface area contributed by atoms with E-state index in [9.17, 15) is 9.59 Å². The first-order valence-electron chi connectivity index (χ1n) is 4.36. The Morgan fingerprint density at radius 2 is 2.44 bits per heavy atom. The van der Waals surface area contributed by atoms with Crippen LogP contribution >= 0.6 is 11.3 Å². The standard InChI is InChI=1S/C8H12N4O3S/c1-5(3-6(13)10-9)4-12-8(14)16-7(11-12)15-2/h3H,4,9H2,1-2H3,(H,10,13). The van der Waals surface area contributed by atoms with Crippen molar-refractivity contribution in [1.29, 1.82) is 0 Å². The molecule has 0 saturated heterocycles. The van der Waals surface area contributed by atoms with Crippen LogP contribution in [0.4, 0.5) is 0 Å². The predicted molar refractivity (Wildman–Crippen MR) is 59.0 cm³/mol. The summed E-state index contributed by atoms with van der Waals surface area (Å²) in [4.78, 5) is 22.1. The molecular weight excluding hydrogens is 232 g/mol. The Morgan fingerprint density at radius 1 is 1.75 bits per heavy atom. The lowest BCUT2D eigenvalue weighted by atomic mass is 10.3. The summed E-state index contributed by atoms with van der Waals surface area (Å²) in [5.74, 6) is 4.50. The molecule has 0 radical (unpaired) electrons. The number of hydrazine groups is 1. The maximum Gasteiger partial charge on any atom is 0.328 e. The molecule has 0 aliphatic rings. The third-order valence-electron chi connectivity index (χ3n) is 1.68. The van der Waals surface area contributed by atoms with Crippen molar-refractivity contribution in [2.75, 3.05) is 7.11 Å². The van der Waals surface area contributed by atoms with Gasteiger partial charge in [-0.25, -0.2) is 10.5 Å². The highest BCUT2D eigenvalue weighted by Gasteiger charge is 2.06. The fourth-order valence-corrected chi connectivity index (χ4v) is 1.60. The number of methoxy groups -OCH3 is 1. The molecule has 0 aliphatic carbocycles. The highest BCUT2D eigenvalue weighted by molar-refractivity contribution is 7.10. The highest BCUT2D eigenvalue weighted by atomic mass is 32.1. The van der Waals surface area contributed by atoms with Gasteiger partial charge in [0.05, 0.1) is 13.7 Å². The molecule has 1 rings (SSSR count). The van der Waals surface area contributed by atoms with Crippen LogP contribution in [0.15, 0.2) is 16.4 Å². The number of rotatable bonds is 4. The van der Waals surface area contributed by atoms with Gasteiger partial charge in [-0.2, -0.15) is 0 Å². The molecule has 1 aromatic rings. The van der Waals surface area contributed by atoms with E-state index in [2.05, 4.69) is 5.10 Å². The average Bonchev–Trinajstić information content (AvgIpc) is 2.59. The summed E-state index contributed by atoms with van der Waals surface area (Å²) in [5, 5.41) is 4.19. The summed E-state index contributed by atoms with van der Waals surface area (Å²) in [7, 11) is 1.44. The summed E-state index contributed by atoms with van der Waals surface area (Å²) >= 11 is 0.903. The van der Waals surface area contributed by atoms with E-state index in [0.717, 1.165) is 11.3 Å². The number of nitrogens with one attached hydrogen (secondary N) is 1. The normalized spacial score (nSPS) is 11.3. The number of hydrogen-bond acceptors (Lipinski definition) is 6. The van der Waals surface area contributed by atoms with Crippen LogP contribution < -0.4 is 20.9 Å². The molecule has 0 saturated carbocycles. The van der Waals surface area contributed by atoms with E-state index in [1.807, 2.05) is 5.43 Å². The molecule has 88 valence electrons. The Hall–Kier alpha value is -1.67. The zero-order valence-electron chi connectivity index (χ0n) is 8.89. The molecule has 0 atom stereocenters. The molecule has 3 N–H and O–H groups in total. The van der Waals surface area contributed by atoms with Gasteiger partial charge in [0.1, 0.15) is 0 Å². The second-order valence-electron chi connectivity index (χ2n) is 2.99. The lowest BCUT2D eigenvalue weighted by molar-refractivity contribution is -0.116. The largest absolute Gasteiger partial charge is 0.472 e. The van der Waals surface area contributed by atoms with Crippen molar-refractivity contribution in [3.05, 3.63) is 21.3 Å². The fraction of sp³-hybridized carbons (Fsp3) is 0.375. The number of carbonyl (C=O) groups excluding carboxylic acids is 1. The first kappa shape index (κ1) is 12.4. The van der Waals surface area contributed by atoms with Crippen molar-refractivity contribution >= 4 is 17.2 Å². The van der Waals surface area contributed by atoms with Crippen LogP contribution in [0.25, 0.3) is 0 Å². The quantitative estimate of drug-likeness (QED) is 0.314. The van der Waals surface area contributed by atoms with Crippen LogP contribution in [0.1, 0.15) is 6.92 Å². The number of allylic oxidation sites excluding steroid dienone is 1. The molecule has 0 aliphatic heterocycles. The molecule has 1 aromatic heterocycles. The third-order valence-corrected chi connectivity index (χ3v) is 2.49.